The molecule has 7 heteroatoms. The number of nitrogens with zero attached hydrogens (tertiary/aromatic N) is 3. The van der Waals surface area contributed by atoms with Gasteiger partial charge in [-0.1, -0.05) is 55.5 Å². The molecule has 2 atom stereocenters. The van der Waals surface area contributed by atoms with E-state index < -0.39 is 11.8 Å². The largest absolute Gasteiger partial charge is 0.493 e. The van der Waals surface area contributed by atoms with E-state index in [4.69, 9.17) is 0 Å². The molecule has 2 unspecified atom stereocenters. The molecule has 2 amide bonds. The molecule has 1 aliphatic heterocycles. The number of hydrogen-bond acceptors (Lipinski definition) is 4. The fraction of sp³-hybridized carbons (Fsp3) is 0.273. The number of carbonyl (C=O) groups is 2. The van der Waals surface area contributed by atoms with Gasteiger partial charge in [0.1, 0.15) is 5.92 Å². The third kappa shape index (κ3) is 3.40. The summed E-state index contributed by atoms with van der Waals surface area (Å²) in [5.74, 6) is -2.20. The number of carbonyl (C=O) groups excluding carboxylic acids is 2. The van der Waals surface area contributed by atoms with Crippen molar-refractivity contribution in [1.82, 2.24) is 9.88 Å². The highest BCUT2D eigenvalue weighted by Crippen LogP contribution is 2.39. The second-order valence-corrected chi connectivity index (χ2v) is 7.12. The molecule has 1 aliphatic rings. The van der Waals surface area contributed by atoms with E-state index in [0.717, 1.165) is 17.5 Å². The number of aryl methyl sites for hydroxylation is 1. The maximum Gasteiger partial charge on any atom is 0.277 e. The van der Waals surface area contributed by atoms with Gasteiger partial charge in [-0.25, -0.2) is 0 Å². The van der Waals surface area contributed by atoms with Crippen molar-refractivity contribution in [2.24, 2.45) is 16.1 Å². The first-order valence-corrected chi connectivity index (χ1v) is 9.70. The van der Waals surface area contributed by atoms with Gasteiger partial charge in [-0.2, -0.15) is 0 Å². The zero-order valence-corrected chi connectivity index (χ0v) is 16.1. The Kier molecular flexibility index (Phi) is 5.12. The lowest BCUT2D eigenvalue weighted by Crippen LogP contribution is -2.25. The summed E-state index contributed by atoms with van der Waals surface area (Å²) in [6, 6.07) is 16.9. The SMILES string of the molecule is CCCn1c(O)c(N=NC(=O)C2C(=O)NCC2c2ccccc2)c2ccccc21. The van der Waals surface area contributed by atoms with Crippen LogP contribution in [0, 0.1) is 5.92 Å². The molecule has 4 rings (SSSR count). The number of aromatic nitrogens is 1. The molecule has 0 spiro atoms. The van der Waals surface area contributed by atoms with Crippen LogP contribution in [0.5, 0.6) is 5.88 Å². The van der Waals surface area contributed by atoms with Crippen molar-refractivity contribution in [2.75, 3.05) is 6.54 Å². The van der Waals surface area contributed by atoms with Crippen LogP contribution in [-0.2, 0) is 16.1 Å². The molecule has 1 aromatic heterocycles. The highest BCUT2D eigenvalue weighted by molar-refractivity contribution is 6.03. The molecule has 2 N–H and O–H groups in total. The molecule has 148 valence electrons. The van der Waals surface area contributed by atoms with E-state index in [1.54, 1.807) is 4.57 Å². The molecule has 0 saturated carbocycles. The fourth-order valence-corrected chi connectivity index (χ4v) is 3.90. The van der Waals surface area contributed by atoms with Crippen molar-refractivity contribution >= 4 is 28.4 Å². The van der Waals surface area contributed by atoms with E-state index in [2.05, 4.69) is 15.5 Å². The molecule has 0 radical (unpaired) electrons. The zero-order valence-electron chi connectivity index (χ0n) is 16.1. The Balaban J connectivity index is 1.66. The summed E-state index contributed by atoms with van der Waals surface area (Å²) in [6.07, 6.45) is 0.836. The number of aromatic hydroxyl groups is 1. The van der Waals surface area contributed by atoms with E-state index in [0.29, 0.717) is 18.5 Å². The Bertz CT molecular complexity index is 1090. The van der Waals surface area contributed by atoms with Crippen LogP contribution in [0.25, 0.3) is 10.9 Å². The summed E-state index contributed by atoms with van der Waals surface area (Å²) in [5.41, 5.74) is 1.98. The second-order valence-electron chi connectivity index (χ2n) is 7.12. The number of nitrogens with one attached hydrogen (secondary N) is 1. The summed E-state index contributed by atoms with van der Waals surface area (Å²) >= 11 is 0. The minimum Gasteiger partial charge on any atom is -0.493 e. The van der Waals surface area contributed by atoms with Crippen LogP contribution in [-0.4, -0.2) is 28.0 Å². The summed E-state index contributed by atoms with van der Waals surface area (Å²) in [5, 5.41) is 22.0. The Morgan fingerprint density at radius 1 is 1.17 bits per heavy atom. The minimum absolute atomic E-state index is 0.0277. The van der Waals surface area contributed by atoms with Gasteiger partial charge in [0, 0.05) is 24.4 Å². The maximum atomic E-state index is 12.8. The average molecular weight is 390 g/mol. The molecule has 1 saturated heterocycles. The van der Waals surface area contributed by atoms with Crippen molar-refractivity contribution in [3.63, 3.8) is 0 Å². The van der Waals surface area contributed by atoms with E-state index in [1.165, 1.54) is 0 Å². The highest BCUT2D eigenvalue weighted by Gasteiger charge is 2.41. The minimum atomic E-state index is -0.924. The van der Waals surface area contributed by atoms with Gasteiger partial charge in [-0.05, 0) is 18.1 Å². The van der Waals surface area contributed by atoms with Gasteiger partial charge < -0.3 is 15.0 Å². The number of benzene rings is 2. The van der Waals surface area contributed by atoms with Crippen LogP contribution in [0.2, 0.25) is 0 Å². The number of amides is 2. The molecule has 29 heavy (non-hydrogen) atoms. The molecule has 3 aromatic rings. The summed E-state index contributed by atoms with van der Waals surface area (Å²) in [6.45, 7) is 3.02. The van der Waals surface area contributed by atoms with Crippen molar-refractivity contribution < 1.29 is 14.7 Å². The number of fused-ring (bicyclic) bond motifs is 1. The van der Waals surface area contributed by atoms with Crippen LogP contribution in [0.3, 0.4) is 0 Å². The Morgan fingerprint density at radius 3 is 2.66 bits per heavy atom. The predicted molar refractivity (Wildman–Crippen MR) is 109 cm³/mol. The molecule has 2 aromatic carbocycles. The van der Waals surface area contributed by atoms with Crippen molar-refractivity contribution in [3.8, 4) is 5.88 Å². The van der Waals surface area contributed by atoms with Gasteiger partial charge in [0.2, 0.25) is 11.8 Å². The summed E-state index contributed by atoms with van der Waals surface area (Å²) < 4.78 is 1.75. The lowest BCUT2D eigenvalue weighted by atomic mass is 9.88. The van der Waals surface area contributed by atoms with Gasteiger partial charge in [0.15, 0.2) is 5.69 Å². The number of para-hydroxylation sites is 1. The Hall–Kier alpha value is -3.48. The average Bonchev–Trinajstić information content (AvgIpc) is 3.25. The van der Waals surface area contributed by atoms with E-state index in [9.17, 15) is 14.7 Å². The van der Waals surface area contributed by atoms with Crippen molar-refractivity contribution in [2.45, 2.75) is 25.8 Å². The number of azo groups is 1. The first kappa shape index (κ1) is 18.9. The summed E-state index contributed by atoms with van der Waals surface area (Å²) in [7, 11) is 0. The monoisotopic (exact) mass is 390 g/mol. The molecule has 0 bridgehead atoms. The first-order valence-electron chi connectivity index (χ1n) is 9.70. The quantitative estimate of drug-likeness (QED) is 0.511. The molecule has 1 fully saturated rings. The topological polar surface area (TPSA) is 96.0 Å². The van der Waals surface area contributed by atoms with Gasteiger partial charge in [-0.15, -0.1) is 10.2 Å². The normalized spacial score (nSPS) is 19.1. The third-order valence-corrected chi connectivity index (χ3v) is 5.29. The highest BCUT2D eigenvalue weighted by atomic mass is 16.3. The van der Waals surface area contributed by atoms with Crippen molar-refractivity contribution in [1.29, 1.82) is 0 Å². The first-order chi connectivity index (χ1) is 14.1. The second kappa shape index (κ2) is 7.87. The summed E-state index contributed by atoms with van der Waals surface area (Å²) in [4.78, 5) is 25.1. The molecule has 2 heterocycles. The van der Waals surface area contributed by atoms with Crippen molar-refractivity contribution in [3.05, 3.63) is 60.2 Å². The molecule has 0 aliphatic carbocycles. The van der Waals surface area contributed by atoms with E-state index in [-0.39, 0.29) is 23.4 Å². The van der Waals surface area contributed by atoms with Gasteiger partial charge in [0.25, 0.3) is 5.91 Å². The van der Waals surface area contributed by atoms with Crippen LogP contribution >= 0.6 is 0 Å². The predicted octanol–water partition coefficient (Wildman–Crippen LogP) is 3.90. The van der Waals surface area contributed by atoms with Crippen LogP contribution < -0.4 is 5.32 Å². The zero-order chi connectivity index (χ0) is 20.4. The van der Waals surface area contributed by atoms with E-state index >= 15 is 0 Å². The Labute approximate surface area is 168 Å². The van der Waals surface area contributed by atoms with Gasteiger partial charge >= 0.3 is 0 Å². The fourth-order valence-electron chi connectivity index (χ4n) is 3.90. The lowest BCUT2D eigenvalue weighted by molar-refractivity contribution is -0.131. The smallest absolute Gasteiger partial charge is 0.277 e. The maximum absolute atomic E-state index is 12.8. The number of rotatable bonds is 5. The van der Waals surface area contributed by atoms with Crippen LogP contribution in [0.4, 0.5) is 5.69 Å². The van der Waals surface area contributed by atoms with Crippen LogP contribution in [0.1, 0.15) is 24.8 Å². The molecular weight excluding hydrogens is 368 g/mol. The van der Waals surface area contributed by atoms with Crippen LogP contribution in [0.15, 0.2) is 64.8 Å². The molecular formula is C22H22N4O3. The van der Waals surface area contributed by atoms with Gasteiger partial charge in [0.05, 0.1) is 5.52 Å². The van der Waals surface area contributed by atoms with Gasteiger partial charge in [-0.3, -0.25) is 9.59 Å². The number of hydrogen-bond donors (Lipinski definition) is 2. The third-order valence-electron chi connectivity index (χ3n) is 5.29. The standard InChI is InChI=1S/C22H22N4O3/c1-2-12-26-17-11-7-6-10-15(17)19(22(26)29)24-25-21(28)18-16(13-23-20(18)27)14-8-4-3-5-9-14/h3-11,16,18,29H,2,12-13H2,1H3,(H,23,27). The van der Waals surface area contributed by atoms with E-state index in [1.807, 2.05) is 61.5 Å². The Morgan fingerprint density at radius 2 is 1.90 bits per heavy atom. The molecule has 7 nitrogen and oxygen atoms in total. The lowest BCUT2D eigenvalue weighted by Gasteiger charge is -2.13.